The van der Waals surface area contributed by atoms with Crippen LogP contribution in [-0.2, 0) is 0 Å². The van der Waals surface area contributed by atoms with Crippen molar-refractivity contribution in [3.63, 3.8) is 0 Å². The van der Waals surface area contributed by atoms with Crippen LogP contribution < -0.4 is 5.12 Å². The van der Waals surface area contributed by atoms with E-state index in [1.165, 1.54) is 12.1 Å². The van der Waals surface area contributed by atoms with E-state index in [0.29, 0.717) is 0 Å². The summed E-state index contributed by atoms with van der Waals surface area (Å²) in [5.74, 6) is -2.19. The lowest BCUT2D eigenvalue weighted by molar-refractivity contribution is 0.378. The molecule has 0 aliphatic rings. The third kappa shape index (κ3) is 1.94. The Bertz CT molecular complexity index is 299. The van der Waals surface area contributed by atoms with E-state index in [4.69, 9.17) is 0 Å². The molecule has 1 aromatic carbocycles. The molecule has 0 unspecified atom stereocenters. The molecule has 0 saturated heterocycles. The molecule has 0 atom stereocenters. The fourth-order valence-corrected chi connectivity index (χ4v) is 0.936. The smallest absolute Gasteiger partial charge is 0.184 e. The molecule has 0 bridgehead atoms. The van der Waals surface area contributed by atoms with Crippen molar-refractivity contribution in [3.05, 3.63) is 29.8 Å². The Morgan fingerprint density at radius 3 is 2.38 bits per heavy atom. The van der Waals surface area contributed by atoms with E-state index in [9.17, 15) is 13.3 Å². The monoisotopic (exact) mass is 189 g/mol. The van der Waals surface area contributed by atoms with Crippen LogP contribution in [0.3, 0.4) is 0 Å². The number of rotatable bonds is 2. The summed E-state index contributed by atoms with van der Waals surface area (Å²) in [6.07, 6.45) is 0. The fourth-order valence-electron chi connectivity index (χ4n) is 0.936. The highest BCUT2D eigenvalue weighted by Crippen LogP contribution is 2.23. The van der Waals surface area contributed by atoms with Crippen LogP contribution in [0.2, 0.25) is 0 Å². The first-order valence-electron chi connectivity index (χ1n) is 3.93. The summed E-state index contributed by atoms with van der Waals surface area (Å²) in [6, 6.07) is 2.89. The van der Waals surface area contributed by atoms with Gasteiger partial charge in [-0.2, -0.15) is 0 Å². The van der Waals surface area contributed by atoms with Gasteiger partial charge in [0.1, 0.15) is 5.69 Å². The van der Waals surface area contributed by atoms with Crippen molar-refractivity contribution in [2.75, 3.05) is 5.12 Å². The molecule has 0 saturated carbocycles. The Kier molecular flexibility index (Phi) is 2.80. The number of hydrogen-bond donors (Lipinski definition) is 0. The van der Waals surface area contributed by atoms with Gasteiger partial charge in [-0.3, -0.25) is 0 Å². The van der Waals surface area contributed by atoms with Gasteiger partial charge >= 0.3 is 0 Å². The standard InChI is InChI=1S/C9H10F3N/c1-6(2)13(12)8-5-3-4-7(10)9(8)11/h3-6H,1-2H3. The largest absolute Gasteiger partial charge is 0.206 e. The summed E-state index contributed by atoms with van der Waals surface area (Å²) in [5, 5.41) is 0.193. The van der Waals surface area contributed by atoms with Crippen LogP contribution >= 0.6 is 0 Å². The van der Waals surface area contributed by atoms with E-state index in [1.807, 2.05) is 0 Å². The number of nitrogens with zero attached hydrogens (tertiary/aromatic N) is 1. The van der Waals surface area contributed by atoms with Crippen LogP contribution in [0.4, 0.5) is 18.9 Å². The molecule has 4 heteroatoms. The van der Waals surface area contributed by atoms with Gasteiger partial charge in [-0.15, -0.1) is 0 Å². The summed E-state index contributed by atoms with van der Waals surface area (Å²) >= 11 is 0. The zero-order chi connectivity index (χ0) is 10.0. The Morgan fingerprint density at radius 1 is 1.23 bits per heavy atom. The molecule has 0 amide bonds. The van der Waals surface area contributed by atoms with Crippen molar-refractivity contribution in [2.45, 2.75) is 19.9 Å². The molecule has 0 spiro atoms. The molecule has 0 aliphatic heterocycles. The average molecular weight is 189 g/mol. The van der Waals surface area contributed by atoms with Crippen molar-refractivity contribution >= 4 is 5.69 Å². The van der Waals surface area contributed by atoms with Crippen LogP contribution in [0.5, 0.6) is 0 Å². The van der Waals surface area contributed by atoms with Crippen LogP contribution in [0.15, 0.2) is 18.2 Å². The second kappa shape index (κ2) is 3.68. The average Bonchev–Trinajstić information content (AvgIpc) is 2.08. The second-order valence-corrected chi connectivity index (χ2v) is 2.98. The number of benzene rings is 1. The van der Waals surface area contributed by atoms with Crippen molar-refractivity contribution in [1.29, 1.82) is 0 Å². The molecule has 0 aromatic heterocycles. The van der Waals surface area contributed by atoms with Crippen LogP contribution in [-0.4, -0.2) is 6.04 Å². The molecule has 0 fully saturated rings. The lowest BCUT2D eigenvalue weighted by Crippen LogP contribution is -2.22. The third-order valence-corrected chi connectivity index (χ3v) is 1.61. The summed E-state index contributed by atoms with van der Waals surface area (Å²) in [5.41, 5.74) is -0.366. The van der Waals surface area contributed by atoms with E-state index in [1.54, 1.807) is 13.8 Å². The molecule has 1 aromatic rings. The summed E-state index contributed by atoms with van der Waals surface area (Å²) in [6.45, 7) is 3.09. The van der Waals surface area contributed by atoms with Gasteiger partial charge in [-0.05, 0) is 26.0 Å². The maximum Gasteiger partial charge on any atom is 0.184 e. The normalized spacial score (nSPS) is 10.6. The lowest BCUT2D eigenvalue weighted by atomic mass is 10.2. The highest BCUT2D eigenvalue weighted by atomic mass is 19.2. The zero-order valence-corrected chi connectivity index (χ0v) is 7.39. The fraction of sp³-hybridized carbons (Fsp3) is 0.333. The molecule has 0 aliphatic carbocycles. The second-order valence-electron chi connectivity index (χ2n) is 2.98. The number of hydrogen-bond acceptors (Lipinski definition) is 1. The molecular weight excluding hydrogens is 179 g/mol. The zero-order valence-electron chi connectivity index (χ0n) is 7.39. The van der Waals surface area contributed by atoms with Crippen molar-refractivity contribution in [1.82, 2.24) is 0 Å². The quantitative estimate of drug-likeness (QED) is 0.646. The Labute approximate surface area is 74.7 Å². The van der Waals surface area contributed by atoms with Gasteiger partial charge in [-0.25, -0.2) is 13.9 Å². The molecule has 1 nitrogen and oxygen atoms in total. The van der Waals surface area contributed by atoms with E-state index >= 15 is 0 Å². The summed E-state index contributed by atoms with van der Waals surface area (Å²) in [4.78, 5) is 0. The molecule has 0 N–H and O–H groups in total. The predicted molar refractivity (Wildman–Crippen MR) is 45.1 cm³/mol. The highest BCUT2D eigenvalue weighted by Gasteiger charge is 2.16. The van der Waals surface area contributed by atoms with E-state index in [2.05, 4.69) is 0 Å². The van der Waals surface area contributed by atoms with Crippen molar-refractivity contribution < 1.29 is 13.3 Å². The number of anilines is 1. The summed E-state index contributed by atoms with van der Waals surface area (Å²) in [7, 11) is 0. The van der Waals surface area contributed by atoms with Gasteiger partial charge in [0, 0.05) is 0 Å². The lowest BCUT2D eigenvalue weighted by Gasteiger charge is -2.18. The number of halogens is 3. The van der Waals surface area contributed by atoms with Gasteiger partial charge in [0.2, 0.25) is 0 Å². The van der Waals surface area contributed by atoms with Gasteiger partial charge in [-0.1, -0.05) is 10.5 Å². The first-order chi connectivity index (χ1) is 6.04. The molecular formula is C9H10F3N. The van der Waals surface area contributed by atoms with Gasteiger partial charge in [0.15, 0.2) is 11.6 Å². The first kappa shape index (κ1) is 9.89. The van der Waals surface area contributed by atoms with Crippen LogP contribution in [0, 0.1) is 11.6 Å². The maximum absolute atomic E-state index is 13.1. The molecule has 72 valence electrons. The minimum absolute atomic E-state index is 0.193. The third-order valence-electron chi connectivity index (χ3n) is 1.61. The van der Waals surface area contributed by atoms with Crippen LogP contribution in [0.25, 0.3) is 0 Å². The van der Waals surface area contributed by atoms with Gasteiger partial charge < -0.3 is 0 Å². The predicted octanol–water partition coefficient (Wildman–Crippen LogP) is 3.06. The SMILES string of the molecule is CC(C)N(F)c1cccc(F)c1F. The van der Waals surface area contributed by atoms with Crippen LogP contribution in [0.1, 0.15) is 13.8 Å². The molecule has 13 heavy (non-hydrogen) atoms. The summed E-state index contributed by atoms with van der Waals surface area (Å²) < 4.78 is 38.7. The highest BCUT2D eigenvalue weighted by molar-refractivity contribution is 5.46. The minimum atomic E-state index is -1.15. The van der Waals surface area contributed by atoms with E-state index in [0.717, 1.165) is 6.07 Å². The van der Waals surface area contributed by atoms with Gasteiger partial charge in [0.25, 0.3) is 0 Å². The topological polar surface area (TPSA) is 3.24 Å². The van der Waals surface area contributed by atoms with E-state index in [-0.39, 0.29) is 10.8 Å². The maximum atomic E-state index is 13.1. The first-order valence-corrected chi connectivity index (χ1v) is 3.93. The Hall–Kier alpha value is -1.19. The Morgan fingerprint density at radius 2 is 1.85 bits per heavy atom. The minimum Gasteiger partial charge on any atom is -0.206 e. The van der Waals surface area contributed by atoms with Crippen molar-refractivity contribution in [2.24, 2.45) is 0 Å². The van der Waals surface area contributed by atoms with E-state index < -0.39 is 17.7 Å². The van der Waals surface area contributed by atoms with Crippen molar-refractivity contribution in [3.8, 4) is 0 Å². The molecule has 1 rings (SSSR count). The molecule has 0 radical (unpaired) electrons. The molecule has 0 heterocycles. The Balaban J connectivity index is 3.07. The van der Waals surface area contributed by atoms with Gasteiger partial charge in [0.05, 0.1) is 6.04 Å².